The number of aryl methyl sites for hydroxylation is 1. The highest BCUT2D eigenvalue weighted by Gasteiger charge is 2.43. The summed E-state index contributed by atoms with van der Waals surface area (Å²) in [6.07, 6.45) is 28.4. The van der Waals surface area contributed by atoms with E-state index in [2.05, 4.69) is 128 Å². The summed E-state index contributed by atoms with van der Waals surface area (Å²) in [5.74, 6) is 2.30. The number of nitrogens with zero attached hydrogens (tertiary/aromatic N) is 18. The van der Waals surface area contributed by atoms with Crippen molar-refractivity contribution in [2.24, 2.45) is 11.3 Å². The normalized spacial score (nSPS) is 20.5. The molecule has 0 bridgehead atoms. The quantitative estimate of drug-likeness (QED) is 0.0218. The summed E-state index contributed by atoms with van der Waals surface area (Å²) in [4.78, 5) is 131. The van der Waals surface area contributed by atoms with Crippen molar-refractivity contribution in [2.45, 2.75) is 178 Å². The smallest absolute Gasteiger partial charge is 0.308 e. The van der Waals surface area contributed by atoms with Crippen LogP contribution in [0.4, 0.5) is 73.7 Å². The van der Waals surface area contributed by atoms with Gasteiger partial charge in [-0.2, -0.15) is 43.4 Å². The molecule has 44 nitrogen and oxygen atoms in total. The van der Waals surface area contributed by atoms with Gasteiger partial charge in [-0.25, -0.2) is 33.9 Å². The van der Waals surface area contributed by atoms with E-state index in [1.165, 1.54) is 73.7 Å². The van der Waals surface area contributed by atoms with Gasteiger partial charge in [-0.15, -0.1) is 0 Å². The Morgan fingerprint density at radius 1 is 0.489 bits per heavy atom. The number of oxazole rings is 1. The summed E-state index contributed by atoms with van der Waals surface area (Å²) in [7, 11) is 10.4. The van der Waals surface area contributed by atoms with Gasteiger partial charge in [0, 0.05) is 128 Å². The lowest BCUT2D eigenvalue weighted by Crippen LogP contribution is -2.50. The van der Waals surface area contributed by atoms with Crippen molar-refractivity contribution in [1.82, 2.24) is 108 Å². The van der Waals surface area contributed by atoms with Crippen molar-refractivity contribution < 1.29 is 52.8 Å². The number of pyridine rings is 5. The van der Waals surface area contributed by atoms with Crippen molar-refractivity contribution in [3.05, 3.63) is 222 Å². The third kappa shape index (κ3) is 20.3. The maximum absolute atomic E-state index is 14.2. The minimum absolute atomic E-state index is 0.0231. The summed E-state index contributed by atoms with van der Waals surface area (Å²) in [5.41, 5.74) is 2.96. The van der Waals surface area contributed by atoms with Crippen LogP contribution in [0.3, 0.4) is 0 Å². The second kappa shape index (κ2) is 40.9. The zero-order valence-electron chi connectivity index (χ0n) is 78.0. The minimum atomic E-state index is -0.632. The number of nitrogens with one attached hydrogen (secondary N) is 12. The third-order valence-electron chi connectivity index (χ3n) is 26.8. The van der Waals surface area contributed by atoms with Crippen LogP contribution in [0.15, 0.2) is 171 Å². The standard InChI is InChI=1S/C26H35N7O3.C24H31N7O4.C23H23FN8O3.C21H22N8O4/c1-16-7-8-19(16)30-24(34)18-15-28-33-22(27-3)14-21(31-23(18)33)29-20-6-5-13-32(25(20)35)17-9-11-26(2,36-4)12-10-17;1-25-21-12-20(29-22-16(13-26-31(21)22)23(33)28-17-9-10-19(17)32)27-18-4-3-11-30(24(18)34)14-5-7-15(35-2)8-6-14;1-25-18-10-17(29-16-5-3-9-31(22(16)35)20-15(24)4-2-8-26-20)30-19-14(11-28-32(18)19)21(34)27-12-23(13-33)6-7-23;1-11-10-33-21(24-11)28-7-3-4-14(20(28)32)25-16-8-17(22-2)29-18(27-16)12(9-23-29)19(31)26-13-5-6-15(13)30/h5-6,13-17,19,27H,7-12H2,1-4H3,(H,29,31)(H,30,34);3-4,11-15,17,19,25,32H,5-10H2,1-2H3,(H,27,29)(H,28,33);2-5,8-11,25,33H,6-7,12-13H2,1H3,(H,27,34)(H,29,30);3-4,7-10,13,15,22,30H,5-6H2,1-2H3,(H,25,27)(H,26,31)/t16-,17?,19+,26?;14?,15?,17-,19-;;13-,15-/m01.0/s1. The molecule has 6 saturated carbocycles. The Hall–Kier alpha value is -15.4. The van der Waals surface area contributed by atoms with Crippen LogP contribution in [0.1, 0.15) is 176 Å². The summed E-state index contributed by atoms with van der Waals surface area (Å²) >= 11 is 0. The molecule has 0 aromatic carbocycles. The highest BCUT2D eigenvalue weighted by molar-refractivity contribution is 6.02. The van der Waals surface area contributed by atoms with E-state index in [4.69, 9.17) is 13.9 Å². The van der Waals surface area contributed by atoms with Gasteiger partial charge in [0.05, 0.1) is 73.1 Å². The van der Waals surface area contributed by atoms with Crippen LogP contribution in [0.2, 0.25) is 0 Å². The summed E-state index contributed by atoms with van der Waals surface area (Å²) < 4.78 is 42.8. The Kier molecular flexibility index (Phi) is 28.1. The van der Waals surface area contributed by atoms with Gasteiger partial charge in [0.15, 0.2) is 34.2 Å². The molecule has 0 unspecified atom stereocenters. The fourth-order valence-electron chi connectivity index (χ4n) is 17.4. The van der Waals surface area contributed by atoms with Gasteiger partial charge in [0.1, 0.15) is 97.8 Å². The van der Waals surface area contributed by atoms with Crippen molar-refractivity contribution in [1.29, 1.82) is 0 Å². The molecule has 14 aromatic rings. The fraction of sp³-hybridized carbons (Fsp3) is 0.404. The number of rotatable bonds is 28. The van der Waals surface area contributed by atoms with Crippen molar-refractivity contribution in [3.8, 4) is 11.8 Å². The molecule has 4 amide bonds. The molecule has 0 radical (unpaired) electrons. The summed E-state index contributed by atoms with van der Waals surface area (Å²) in [6, 6.07) is 23.2. The lowest BCUT2D eigenvalue weighted by molar-refractivity contribution is -0.0325. The number of halogens is 1. The second-order valence-corrected chi connectivity index (χ2v) is 35.8. The first-order valence-electron chi connectivity index (χ1n) is 46.2. The number of amides is 4. The monoisotopic (exact) mass is 1900 g/mol. The van der Waals surface area contributed by atoms with Crippen molar-refractivity contribution in [3.63, 3.8) is 0 Å². The Balaban J connectivity index is 0.000000128. The third-order valence-corrected chi connectivity index (χ3v) is 26.8. The van der Waals surface area contributed by atoms with Gasteiger partial charge in [0.2, 0.25) is 0 Å². The molecule has 14 aromatic heterocycles. The topological polar surface area (TPSA) is 539 Å². The summed E-state index contributed by atoms with van der Waals surface area (Å²) in [5, 5.41) is 82.3. The van der Waals surface area contributed by atoms with E-state index in [0.717, 1.165) is 94.5 Å². The molecular weight excluding hydrogens is 1790 g/mol. The Bertz CT molecular complexity index is 7160. The fourth-order valence-corrected chi connectivity index (χ4v) is 17.4. The number of aliphatic hydroxyl groups is 3. The molecule has 6 atom stereocenters. The molecule has 6 aliphatic carbocycles. The number of aliphatic hydroxyl groups excluding tert-OH is 3. The first-order chi connectivity index (χ1) is 67.2. The van der Waals surface area contributed by atoms with Crippen LogP contribution in [-0.4, -0.2) is 223 Å². The Morgan fingerprint density at radius 2 is 0.892 bits per heavy atom. The number of anilines is 12. The number of ether oxygens (including phenoxy) is 2. The van der Waals surface area contributed by atoms with Gasteiger partial charge in [-0.1, -0.05) is 6.92 Å². The molecule has 15 N–H and O–H groups in total. The largest absolute Gasteiger partial charge is 0.431 e. The Morgan fingerprint density at radius 3 is 1.25 bits per heavy atom. The minimum Gasteiger partial charge on any atom is -0.431 e. The van der Waals surface area contributed by atoms with E-state index in [1.807, 2.05) is 29.1 Å². The lowest BCUT2D eigenvalue weighted by Gasteiger charge is -2.36. The zero-order chi connectivity index (χ0) is 97.7. The van der Waals surface area contributed by atoms with Gasteiger partial charge in [-0.05, 0) is 183 Å². The van der Waals surface area contributed by atoms with Crippen molar-refractivity contribution in [2.75, 3.05) is 98.1 Å². The van der Waals surface area contributed by atoms with Gasteiger partial charge in [-0.3, -0.25) is 42.9 Å². The van der Waals surface area contributed by atoms with Crippen LogP contribution in [0.5, 0.6) is 0 Å². The van der Waals surface area contributed by atoms with E-state index < -0.39 is 23.6 Å². The molecule has 139 heavy (non-hydrogen) atoms. The number of methoxy groups -OCH3 is 2. The van der Waals surface area contributed by atoms with E-state index in [1.54, 1.807) is 125 Å². The van der Waals surface area contributed by atoms with E-state index in [9.17, 15) is 58.1 Å². The summed E-state index contributed by atoms with van der Waals surface area (Å²) in [6.45, 7) is 6.42. The molecule has 0 saturated heterocycles. The lowest BCUT2D eigenvalue weighted by atomic mass is 9.81. The van der Waals surface area contributed by atoms with Crippen LogP contribution in [0.25, 0.3) is 34.4 Å². The highest BCUT2D eigenvalue weighted by atomic mass is 19.1. The molecule has 0 aliphatic heterocycles. The molecule has 45 heteroatoms. The average molecular weight is 1900 g/mol. The zero-order valence-corrected chi connectivity index (χ0v) is 78.0. The first-order valence-corrected chi connectivity index (χ1v) is 46.2. The second-order valence-electron chi connectivity index (χ2n) is 35.8. The molecule has 14 heterocycles. The number of hydrogen-bond acceptors (Lipinski definition) is 32. The maximum atomic E-state index is 14.2. The first kappa shape index (κ1) is 95.4. The van der Waals surface area contributed by atoms with Crippen LogP contribution < -0.4 is 86.0 Å². The molecule has 6 aliphatic rings. The van der Waals surface area contributed by atoms with Gasteiger partial charge in [0.25, 0.3) is 45.9 Å². The predicted octanol–water partition coefficient (Wildman–Crippen LogP) is 8.70. The highest BCUT2D eigenvalue weighted by Crippen LogP contribution is 2.45. The predicted molar refractivity (Wildman–Crippen MR) is 516 cm³/mol. The molecule has 728 valence electrons. The number of carbonyl (C=O) groups excluding carboxylic acids is 4. The van der Waals surface area contributed by atoms with E-state index in [-0.39, 0.29) is 140 Å². The van der Waals surface area contributed by atoms with Crippen LogP contribution in [0, 0.1) is 24.1 Å². The van der Waals surface area contributed by atoms with E-state index >= 15 is 0 Å². The maximum Gasteiger partial charge on any atom is 0.308 e. The van der Waals surface area contributed by atoms with Crippen molar-refractivity contribution >= 4 is 116 Å². The molecule has 6 fully saturated rings. The molecular formula is C94H111FN30O14. The molecule has 20 rings (SSSR count). The Labute approximate surface area is 793 Å². The van der Waals surface area contributed by atoms with Crippen LogP contribution >= 0.6 is 0 Å². The van der Waals surface area contributed by atoms with Gasteiger partial charge >= 0.3 is 6.01 Å². The number of hydrogen-bond donors (Lipinski definition) is 15. The molecule has 0 spiro atoms. The van der Waals surface area contributed by atoms with E-state index in [0.29, 0.717) is 111 Å². The van der Waals surface area contributed by atoms with Gasteiger partial charge < -0.3 is 102 Å². The van der Waals surface area contributed by atoms with Crippen LogP contribution in [-0.2, 0) is 9.47 Å². The SMILES string of the molecule is CNc1cc(Nc2cccn(-c3nc(C)co3)c2=O)nc2c(C(=O)N[C@H]3CC[C@@H]3O)cnn12.CNc1cc(Nc2cccn(-c3ncccc3F)c2=O)nc2c(C(=O)NCC3(CO)CC3)cnn12.CNc1cc(Nc2cccn(C3CCC(C)(OC)CC3)c2=O)nc2c(C(=O)N[C@@H]3CC[C@@H]3C)cnn12.CNc1cc(Nc2cccn(C3CCC(OC)CC3)c2=O)nc2c(C(=O)N[C@@H]3CC[C@H]3O)cnn12. The number of carbonyl (C=O) groups is 4. The average Bonchev–Trinajstić information content (AvgIpc) is 1.69. The number of fused-ring (bicyclic) bond motifs is 4. The number of aromatic nitrogens is 18.